The molecule has 0 atom stereocenters. The summed E-state index contributed by atoms with van der Waals surface area (Å²) in [6.45, 7) is 0.152. The SMILES string of the molecule is O=C1NC(=S)N(c2cccc(C(=O)O)c2)C(=O)C1=Cc1ccc(OCc2cccc(F)c2)c(Br)c1. The Morgan fingerprint density at radius 3 is 2.60 bits per heavy atom. The number of carbonyl (C=O) groups is 3. The number of hydrogen-bond donors (Lipinski definition) is 2. The second-order valence-corrected chi connectivity index (χ2v) is 8.66. The zero-order valence-electron chi connectivity index (χ0n) is 17.8. The molecule has 0 saturated carbocycles. The predicted molar refractivity (Wildman–Crippen MR) is 134 cm³/mol. The van der Waals surface area contributed by atoms with E-state index in [0.717, 1.165) is 4.90 Å². The van der Waals surface area contributed by atoms with Crippen LogP contribution in [-0.2, 0) is 16.2 Å². The lowest BCUT2D eigenvalue weighted by Crippen LogP contribution is -2.54. The minimum atomic E-state index is -1.16. The van der Waals surface area contributed by atoms with Crippen molar-refractivity contribution in [3.63, 3.8) is 0 Å². The number of hydrogen-bond acceptors (Lipinski definition) is 5. The maximum absolute atomic E-state index is 13.4. The molecular formula is C25H16BrFN2O5S. The maximum Gasteiger partial charge on any atom is 0.335 e. The first-order chi connectivity index (χ1) is 16.7. The molecule has 1 aliphatic rings. The summed E-state index contributed by atoms with van der Waals surface area (Å²) in [5.41, 5.74) is 1.20. The van der Waals surface area contributed by atoms with Crippen molar-refractivity contribution in [3.8, 4) is 5.75 Å². The van der Waals surface area contributed by atoms with Crippen LogP contribution in [0.2, 0.25) is 0 Å². The van der Waals surface area contributed by atoms with E-state index in [0.29, 0.717) is 21.3 Å². The normalized spacial score (nSPS) is 14.7. The molecular weight excluding hydrogens is 539 g/mol. The van der Waals surface area contributed by atoms with Gasteiger partial charge in [0.1, 0.15) is 23.7 Å². The fraction of sp³-hybridized carbons (Fsp3) is 0.0400. The van der Waals surface area contributed by atoms with Crippen LogP contribution in [0.5, 0.6) is 5.75 Å². The van der Waals surface area contributed by atoms with Gasteiger partial charge in [0.15, 0.2) is 5.11 Å². The van der Waals surface area contributed by atoms with Gasteiger partial charge in [0.05, 0.1) is 15.7 Å². The number of thiocarbonyl (C=S) groups is 1. The van der Waals surface area contributed by atoms with Gasteiger partial charge in [0, 0.05) is 0 Å². The molecule has 0 spiro atoms. The average molecular weight is 555 g/mol. The van der Waals surface area contributed by atoms with Gasteiger partial charge in [-0.3, -0.25) is 19.8 Å². The van der Waals surface area contributed by atoms with Crippen molar-refractivity contribution in [3.05, 3.63) is 99.3 Å². The van der Waals surface area contributed by atoms with E-state index in [1.54, 1.807) is 30.3 Å². The minimum absolute atomic E-state index is 0.0294. The van der Waals surface area contributed by atoms with Crippen LogP contribution in [0.4, 0.5) is 10.1 Å². The molecule has 0 radical (unpaired) electrons. The molecule has 0 unspecified atom stereocenters. The second kappa shape index (κ2) is 10.2. The fourth-order valence-corrected chi connectivity index (χ4v) is 4.14. The van der Waals surface area contributed by atoms with Crippen LogP contribution in [0.1, 0.15) is 21.5 Å². The summed E-state index contributed by atoms with van der Waals surface area (Å²) in [5, 5.41) is 11.6. The van der Waals surface area contributed by atoms with Gasteiger partial charge in [0.2, 0.25) is 0 Å². The van der Waals surface area contributed by atoms with Crippen molar-refractivity contribution >= 4 is 62.8 Å². The van der Waals surface area contributed by atoms with Crippen LogP contribution in [0.3, 0.4) is 0 Å². The van der Waals surface area contributed by atoms with Gasteiger partial charge in [-0.2, -0.15) is 0 Å². The lowest BCUT2D eigenvalue weighted by atomic mass is 10.1. The van der Waals surface area contributed by atoms with E-state index in [1.165, 1.54) is 42.5 Å². The highest BCUT2D eigenvalue weighted by molar-refractivity contribution is 9.10. The molecule has 0 aliphatic carbocycles. The molecule has 0 aromatic heterocycles. The molecule has 35 heavy (non-hydrogen) atoms. The Morgan fingerprint density at radius 1 is 1.11 bits per heavy atom. The van der Waals surface area contributed by atoms with Crippen LogP contribution in [0.25, 0.3) is 6.08 Å². The molecule has 0 bridgehead atoms. The van der Waals surface area contributed by atoms with E-state index in [9.17, 15) is 23.9 Å². The third kappa shape index (κ3) is 5.44. The summed E-state index contributed by atoms with van der Waals surface area (Å²) in [6, 6.07) is 16.7. The average Bonchev–Trinajstić information content (AvgIpc) is 2.81. The van der Waals surface area contributed by atoms with Crippen molar-refractivity contribution in [1.29, 1.82) is 0 Å². The number of ether oxygens (including phenoxy) is 1. The van der Waals surface area contributed by atoms with E-state index >= 15 is 0 Å². The van der Waals surface area contributed by atoms with Crippen LogP contribution in [-0.4, -0.2) is 28.0 Å². The van der Waals surface area contributed by atoms with Crippen LogP contribution < -0.4 is 15.0 Å². The molecule has 4 rings (SSSR count). The number of rotatable bonds is 6. The van der Waals surface area contributed by atoms with Gasteiger partial charge in [-0.15, -0.1) is 0 Å². The summed E-state index contributed by atoms with van der Waals surface area (Å²) in [7, 11) is 0. The molecule has 7 nitrogen and oxygen atoms in total. The Labute approximate surface area is 212 Å². The molecule has 1 saturated heterocycles. The summed E-state index contributed by atoms with van der Waals surface area (Å²) in [6.07, 6.45) is 1.40. The number of anilines is 1. The van der Waals surface area contributed by atoms with Crippen molar-refractivity contribution in [2.75, 3.05) is 4.90 Å². The van der Waals surface area contributed by atoms with Gasteiger partial charge in [-0.1, -0.05) is 24.3 Å². The molecule has 1 fully saturated rings. The Bertz CT molecular complexity index is 1410. The van der Waals surface area contributed by atoms with Gasteiger partial charge < -0.3 is 9.84 Å². The molecule has 176 valence electrons. The number of carboxylic acid groups (broad SMARTS) is 1. The third-order valence-corrected chi connectivity index (χ3v) is 5.91. The van der Waals surface area contributed by atoms with E-state index in [4.69, 9.17) is 17.0 Å². The smallest absolute Gasteiger partial charge is 0.335 e. The molecule has 3 aromatic carbocycles. The van der Waals surface area contributed by atoms with Crippen LogP contribution >= 0.6 is 28.1 Å². The summed E-state index contributed by atoms with van der Waals surface area (Å²) < 4.78 is 19.7. The van der Waals surface area contributed by atoms with Gasteiger partial charge >= 0.3 is 5.97 Å². The number of amides is 2. The number of carbonyl (C=O) groups excluding carboxylic acids is 2. The molecule has 10 heteroatoms. The van der Waals surface area contributed by atoms with Crippen molar-refractivity contribution in [2.45, 2.75) is 6.61 Å². The zero-order valence-corrected chi connectivity index (χ0v) is 20.2. The second-order valence-electron chi connectivity index (χ2n) is 7.42. The highest BCUT2D eigenvalue weighted by Crippen LogP contribution is 2.29. The highest BCUT2D eigenvalue weighted by Gasteiger charge is 2.34. The van der Waals surface area contributed by atoms with E-state index in [1.807, 2.05) is 0 Å². The number of benzene rings is 3. The fourth-order valence-electron chi connectivity index (χ4n) is 3.35. The topological polar surface area (TPSA) is 95.9 Å². The van der Waals surface area contributed by atoms with E-state index < -0.39 is 17.8 Å². The number of nitrogens with one attached hydrogen (secondary N) is 1. The van der Waals surface area contributed by atoms with E-state index in [-0.39, 0.29) is 34.4 Å². The van der Waals surface area contributed by atoms with Gasteiger partial charge in [0.25, 0.3) is 11.8 Å². The Hall–Kier alpha value is -3.89. The summed E-state index contributed by atoms with van der Waals surface area (Å²) in [5.74, 6) is -2.39. The van der Waals surface area contributed by atoms with Crippen molar-refractivity contribution in [2.24, 2.45) is 0 Å². The van der Waals surface area contributed by atoms with Crippen molar-refractivity contribution < 1.29 is 28.6 Å². The number of halogens is 2. The van der Waals surface area contributed by atoms with Crippen molar-refractivity contribution in [1.82, 2.24) is 5.32 Å². The Morgan fingerprint density at radius 2 is 1.89 bits per heavy atom. The van der Waals surface area contributed by atoms with Gasteiger partial charge in [-0.05, 0) is 87.8 Å². The predicted octanol–water partition coefficient (Wildman–Crippen LogP) is 4.70. The quantitative estimate of drug-likeness (QED) is 0.260. The Kier molecular flexibility index (Phi) is 7.04. The van der Waals surface area contributed by atoms with E-state index in [2.05, 4.69) is 21.2 Å². The number of nitrogens with zero attached hydrogens (tertiary/aromatic N) is 1. The summed E-state index contributed by atoms with van der Waals surface area (Å²) >= 11 is 8.57. The molecule has 1 heterocycles. The molecule has 1 aliphatic heterocycles. The molecule has 3 aromatic rings. The zero-order chi connectivity index (χ0) is 25.1. The largest absolute Gasteiger partial charge is 0.488 e. The first-order valence-electron chi connectivity index (χ1n) is 10.1. The van der Waals surface area contributed by atoms with Gasteiger partial charge in [-0.25, -0.2) is 9.18 Å². The number of aromatic carboxylic acids is 1. The van der Waals surface area contributed by atoms with Crippen LogP contribution in [0.15, 0.2) is 76.8 Å². The number of carboxylic acids is 1. The highest BCUT2D eigenvalue weighted by atomic mass is 79.9. The summed E-state index contributed by atoms with van der Waals surface area (Å²) in [4.78, 5) is 38.1. The van der Waals surface area contributed by atoms with Crippen LogP contribution in [0, 0.1) is 5.82 Å². The first kappa shape index (κ1) is 24.2. The minimum Gasteiger partial charge on any atom is -0.488 e. The monoisotopic (exact) mass is 554 g/mol. The first-order valence-corrected chi connectivity index (χ1v) is 11.3. The standard InChI is InChI=1S/C25H16BrFN2O5S/c26-20-11-14(7-8-21(20)34-13-15-3-1-5-17(27)9-15)10-19-22(30)28-25(35)29(23(19)31)18-6-2-4-16(12-18)24(32)33/h1-12H,13H2,(H,32,33)(H,28,30,35). The lowest BCUT2D eigenvalue weighted by molar-refractivity contribution is -0.122. The third-order valence-electron chi connectivity index (χ3n) is 5.00. The Balaban J connectivity index is 1.58. The lowest BCUT2D eigenvalue weighted by Gasteiger charge is -2.29. The molecule has 2 N–H and O–H groups in total. The maximum atomic E-state index is 13.4. The molecule has 2 amide bonds.